The molecule has 0 aliphatic carbocycles. The molecule has 0 saturated heterocycles. The summed E-state index contributed by atoms with van der Waals surface area (Å²) in [5.74, 6) is -1.43. The van der Waals surface area contributed by atoms with Crippen LogP contribution in [0, 0.1) is 0 Å². The van der Waals surface area contributed by atoms with E-state index in [2.05, 4.69) is 15.0 Å². The number of carbonyl (C=O) groups is 2. The van der Waals surface area contributed by atoms with Gasteiger partial charge in [-0.25, -0.2) is 14.2 Å². The summed E-state index contributed by atoms with van der Waals surface area (Å²) in [5.41, 5.74) is -1.60. The summed E-state index contributed by atoms with van der Waals surface area (Å²) in [4.78, 5) is 30.1. The molecule has 7 heteroatoms. The van der Waals surface area contributed by atoms with Gasteiger partial charge in [0.15, 0.2) is 0 Å². The molecule has 1 aromatic carbocycles. The van der Waals surface area contributed by atoms with Crippen molar-refractivity contribution < 1.29 is 18.7 Å². The normalized spacial score (nSPS) is 12.7. The van der Waals surface area contributed by atoms with Gasteiger partial charge in [-0.05, 0) is 24.1 Å². The number of nitrogens with zero attached hydrogens (tertiary/aromatic N) is 2. The maximum atomic E-state index is 14.6. The first-order valence-electron chi connectivity index (χ1n) is 8.76. The first kappa shape index (κ1) is 20.4. The number of benzene rings is 1. The molecule has 1 aromatic heterocycles. The van der Waals surface area contributed by atoms with Gasteiger partial charge < -0.3 is 15.0 Å². The fraction of sp³-hybridized carbons (Fsp3) is 0.350. The van der Waals surface area contributed by atoms with Crippen molar-refractivity contribution in [1.82, 2.24) is 10.3 Å². The van der Waals surface area contributed by atoms with Gasteiger partial charge in [0, 0.05) is 25.8 Å². The minimum absolute atomic E-state index is 0.158. The van der Waals surface area contributed by atoms with Crippen LogP contribution in [0.4, 0.5) is 10.2 Å². The molecule has 1 unspecified atom stereocenters. The molecule has 1 atom stereocenters. The van der Waals surface area contributed by atoms with Crippen molar-refractivity contribution in [2.75, 3.05) is 25.1 Å². The molecule has 1 N–H and O–H groups in total. The Bertz CT molecular complexity index is 743. The number of hydrogen-bond donors (Lipinski definition) is 1. The van der Waals surface area contributed by atoms with E-state index in [0.717, 1.165) is 18.5 Å². The quantitative estimate of drug-likeness (QED) is 0.540. The number of esters is 1. The number of anilines is 1. The highest BCUT2D eigenvalue weighted by Crippen LogP contribution is 2.18. The van der Waals surface area contributed by atoms with E-state index < -0.39 is 17.5 Å². The average molecular weight is 373 g/mol. The first-order valence-corrected chi connectivity index (χ1v) is 8.76. The maximum absolute atomic E-state index is 14.6. The number of nitrogens with one attached hydrogen (secondary N) is 1. The van der Waals surface area contributed by atoms with Crippen molar-refractivity contribution >= 4 is 17.7 Å². The Labute approximate surface area is 158 Å². The summed E-state index contributed by atoms with van der Waals surface area (Å²) in [6, 6.07) is 15.4. The van der Waals surface area contributed by atoms with Crippen LogP contribution in [-0.2, 0) is 20.9 Å². The molecule has 1 amide bonds. The van der Waals surface area contributed by atoms with Gasteiger partial charge in [-0.15, -0.1) is 0 Å². The molecule has 0 fully saturated rings. The Morgan fingerprint density at radius 3 is 2.48 bits per heavy atom. The third-order valence-corrected chi connectivity index (χ3v) is 4.21. The summed E-state index contributed by atoms with van der Waals surface area (Å²) in [6.45, 7) is 2.56. The molecule has 6 nitrogen and oxygen atoms in total. The van der Waals surface area contributed by atoms with Crippen molar-refractivity contribution in [3.8, 4) is 0 Å². The number of aromatic nitrogens is 1. The molecule has 0 bridgehead atoms. The largest absolute Gasteiger partial charge is 0.466 e. The number of pyridine rings is 1. The van der Waals surface area contributed by atoms with Crippen molar-refractivity contribution in [2.24, 2.45) is 0 Å². The van der Waals surface area contributed by atoms with Crippen molar-refractivity contribution in [3.63, 3.8) is 0 Å². The summed E-state index contributed by atoms with van der Waals surface area (Å²) in [5, 5.41) is 2.49. The van der Waals surface area contributed by atoms with Gasteiger partial charge in [-0.1, -0.05) is 43.3 Å². The molecule has 0 saturated carbocycles. The Balaban J connectivity index is 2.04. The molecule has 144 valence electrons. The lowest BCUT2D eigenvalue weighted by molar-refractivity contribution is -0.161. The van der Waals surface area contributed by atoms with Gasteiger partial charge >= 0.3 is 5.97 Å². The van der Waals surface area contributed by atoms with Crippen LogP contribution in [0.1, 0.15) is 18.9 Å². The van der Waals surface area contributed by atoms with Crippen LogP contribution >= 0.6 is 0 Å². The Hall–Kier alpha value is -2.96. The van der Waals surface area contributed by atoms with Gasteiger partial charge in [0.2, 0.25) is 0 Å². The van der Waals surface area contributed by atoms with Gasteiger partial charge in [0.25, 0.3) is 11.6 Å². The zero-order valence-corrected chi connectivity index (χ0v) is 15.5. The predicted octanol–water partition coefficient (Wildman–Crippen LogP) is 2.50. The van der Waals surface area contributed by atoms with Crippen molar-refractivity contribution in [3.05, 3.63) is 60.3 Å². The Kier molecular flexibility index (Phi) is 7.28. The maximum Gasteiger partial charge on any atom is 0.353 e. The highest BCUT2D eigenvalue weighted by Gasteiger charge is 2.46. The number of rotatable bonds is 9. The fourth-order valence-electron chi connectivity index (χ4n) is 2.62. The number of methoxy groups -OCH3 is 1. The second-order valence-corrected chi connectivity index (χ2v) is 6.00. The SMILES string of the molecule is CCC(F)(C(=O)NCCN(Cc1ccccc1)c1ccccn1)C(=O)OC. The van der Waals surface area contributed by atoms with E-state index >= 15 is 0 Å². The highest BCUT2D eigenvalue weighted by molar-refractivity contribution is 6.05. The monoisotopic (exact) mass is 373 g/mol. The summed E-state index contributed by atoms with van der Waals surface area (Å²) in [6.07, 6.45) is 1.40. The molecule has 2 rings (SSSR count). The van der Waals surface area contributed by atoms with E-state index in [1.807, 2.05) is 53.4 Å². The zero-order chi connectivity index (χ0) is 19.7. The van der Waals surface area contributed by atoms with E-state index in [4.69, 9.17) is 0 Å². The molecular formula is C20H24FN3O3. The minimum Gasteiger partial charge on any atom is -0.466 e. The Morgan fingerprint density at radius 2 is 1.89 bits per heavy atom. The molecule has 2 aromatic rings. The molecule has 0 radical (unpaired) electrons. The second kappa shape index (κ2) is 9.66. The molecule has 0 aliphatic rings. The van der Waals surface area contributed by atoms with E-state index in [1.165, 1.54) is 6.92 Å². The average Bonchev–Trinajstić information content (AvgIpc) is 2.73. The first-order chi connectivity index (χ1) is 13.0. The summed E-state index contributed by atoms with van der Waals surface area (Å²) >= 11 is 0. The number of amides is 1. The fourth-order valence-corrected chi connectivity index (χ4v) is 2.62. The predicted molar refractivity (Wildman–Crippen MR) is 101 cm³/mol. The zero-order valence-electron chi connectivity index (χ0n) is 15.5. The van der Waals surface area contributed by atoms with E-state index in [9.17, 15) is 14.0 Å². The lowest BCUT2D eigenvalue weighted by Crippen LogP contribution is -2.51. The molecule has 1 heterocycles. The topological polar surface area (TPSA) is 71.5 Å². The van der Waals surface area contributed by atoms with Crippen molar-refractivity contribution in [1.29, 1.82) is 0 Å². The second-order valence-electron chi connectivity index (χ2n) is 6.00. The third kappa shape index (κ3) is 5.26. The van der Waals surface area contributed by atoms with Gasteiger partial charge in [0.05, 0.1) is 7.11 Å². The van der Waals surface area contributed by atoms with E-state index in [-0.39, 0.29) is 13.0 Å². The van der Waals surface area contributed by atoms with Crippen LogP contribution in [0.2, 0.25) is 0 Å². The molecule has 0 spiro atoms. The minimum atomic E-state index is -2.68. The van der Waals surface area contributed by atoms with Gasteiger partial charge in [0.1, 0.15) is 5.82 Å². The lowest BCUT2D eigenvalue weighted by Gasteiger charge is -2.25. The van der Waals surface area contributed by atoms with E-state index in [0.29, 0.717) is 13.1 Å². The number of carbonyl (C=O) groups excluding carboxylic acids is 2. The summed E-state index contributed by atoms with van der Waals surface area (Å²) < 4.78 is 19.0. The van der Waals surface area contributed by atoms with Crippen LogP contribution in [-0.4, -0.2) is 42.7 Å². The van der Waals surface area contributed by atoms with Crippen LogP contribution in [0.5, 0.6) is 0 Å². The lowest BCUT2D eigenvalue weighted by atomic mass is 10.0. The smallest absolute Gasteiger partial charge is 0.353 e. The number of halogens is 1. The Morgan fingerprint density at radius 1 is 1.19 bits per heavy atom. The van der Waals surface area contributed by atoms with Crippen molar-refractivity contribution in [2.45, 2.75) is 25.6 Å². The standard InChI is InChI=1S/C20H24FN3O3/c1-3-20(21,19(26)27-2)18(25)23-13-14-24(17-11-7-8-12-22-17)15-16-9-5-4-6-10-16/h4-12H,3,13-15H2,1-2H3,(H,23,25). The number of hydrogen-bond acceptors (Lipinski definition) is 5. The van der Waals surface area contributed by atoms with Gasteiger partial charge in [-0.2, -0.15) is 0 Å². The molecule has 27 heavy (non-hydrogen) atoms. The van der Waals surface area contributed by atoms with Crippen LogP contribution in [0.25, 0.3) is 0 Å². The summed E-state index contributed by atoms with van der Waals surface area (Å²) in [7, 11) is 1.06. The number of ether oxygens (including phenoxy) is 1. The van der Waals surface area contributed by atoms with Gasteiger partial charge in [-0.3, -0.25) is 4.79 Å². The van der Waals surface area contributed by atoms with Crippen LogP contribution < -0.4 is 10.2 Å². The third-order valence-electron chi connectivity index (χ3n) is 4.21. The van der Waals surface area contributed by atoms with E-state index in [1.54, 1.807) is 6.20 Å². The number of alkyl halides is 1. The molecule has 0 aliphatic heterocycles. The highest BCUT2D eigenvalue weighted by atomic mass is 19.1. The van der Waals surface area contributed by atoms with Crippen LogP contribution in [0.15, 0.2) is 54.7 Å². The van der Waals surface area contributed by atoms with Crippen LogP contribution in [0.3, 0.4) is 0 Å². The molecular weight excluding hydrogens is 349 g/mol.